The SMILES string of the molecule is Nc1nonc1NC(=O)c1ccc(C(F)(F)F)cc1. The van der Waals surface area contributed by atoms with E-state index < -0.39 is 17.6 Å². The molecule has 0 bridgehead atoms. The van der Waals surface area contributed by atoms with E-state index in [-0.39, 0.29) is 17.2 Å². The smallest absolute Gasteiger partial charge is 0.378 e. The predicted octanol–water partition coefficient (Wildman–Crippen LogP) is 1.92. The van der Waals surface area contributed by atoms with Crippen molar-refractivity contribution in [3.05, 3.63) is 35.4 Å². The molecular weight excluding hydrogens is 265 g/mol. The molecule has 6 nitrogen and oxygen atoms in total. The topological polar surface area (TPSA) is 94.0 Å². The van der Waals surface area contributed by atoms with Gasteiger partial charge in [-0.25, -0.2) is 4.63 Å². The molecule has 100 valence electrons. The van der Waals surface area contributed by atoms with Crippen molar-refractivity contribution in [3.63, 3.8) is 0 Å². The van der Waals surface area contributed by atoms with Crippen LogP contribution in [0.5, 0.6) is 0 Å². The Hall–Kier alpha value is -2.58. The molecule has 1 heterocycles. The minimum Gasteiger partial charge on any atom is -0.378 e. The molecular formula is C10H7F3N4O2. The summed E-state index contributed by atoms with van der Waals surface area (Å²) in [5.41, 5.74) is 4.50. The normalized spacial score (nSPS) is 11.3. The number of nitrogens with one attached hydrogen (secondary N) is 1. The summed E-state index contributed by atoms with van der Waals surface area (Å²) in [5, 5.41) is 8.81. The first-order valence-corrected chi connectivity index (χ1v) is 4.94. The summed E-state index contributed by atoms with van der Waals surface area (Å²) in [4.78, 5) is 11.7. The van der Waals surface area contributed by atoms with Crippen LogP contribution >= 0.6 is 0 Å². The third-order valence-electron chi connectivity index (χ3n) is 2.22. The highest BCUT2D eigenvalue weighted by atomic mass is 19.4. The number of nitrogens with two attached hydrogens (primary N) is 1. The molecule has 2 aromatic rings. The summed E-state index contributed by atoms with van der Waals surface area (Å²) in [6.07, 6.45) is -4.45. The van der Waals surface area contributed by atoms with Crippen molar-refractivity contribution in [2.75, 3.05) is 11.1 Å². The fourth-order valence-corrected chi connectivity index (χ4v) is 1.27. The van der Waals surface area contributed by atoms with Crippen LogP contribution < -0.4 is 11.1 Å². The first-order chi connectivity index (χ1) is 8.88. The highest BCUT2D eigenvalue weighted by Gasteiger charge is 2.30. The molecule has 9 heteroatoms. The van der Waals surface area contributed by atoms with E-state index in [0.29, 0.717) is 0 Å². The van der Waals surface area contributed by atoms with Crippen LogP contribution in [-0.2, 0) is 6.18 Å². The summed E-state index contributed by atoms with van der Waals surface area (Å²) >= 11 is 0. The zero-order valence-corrected chi connectivity index (χ0v) is 9.23. The number of benzene rings is 1. The van der Waals surface area contributed by atoms with Crippen molar-refractivity contribution in [3.8, 4) is 0 Å². The standard InChI is InChI=1S/C10H7F3N4O2/c11-10(12,13)6-3-1-5(2-4-6)9(18)15-8-7(14)16-19-17-8/h1-4H,(H2,14,16)(H,15,17,18). The van der Waals surface area contributed by atoms with Crippen molar-refractivity contribution in [1.29, 1.82) is 0 Å². The quantitative estimate of drug-likeness (QED) is 0.871. The van der Waals surface area contributed by atoms with Gasteiger partial charge < -0.3 is 11.1 Å². The lowest BCUT2D eigenvalue weighted by molar-refractivity contribution is -0.137. The van der Waals surface area contributed by atoms with Crippen LogP contribution in [0.25, 0.3) is 0 Å². The average Bonchev–Trinajstić information content (AvgIpc) is 2.74. The number of hydrogen-bond acceptors (Lipinski definition) is 5. The summed E-state index contributed by atoms with van der Waals surface area (Å²) in [6.45, 7) is 0. The number of rotatable bonds is 2. The van der Waals surface area contributed by atoms with Gasteiger partial charge in [-0.3, -0.25) is 4.79 Å². The molecule has 0 aliphatic rings. The van der Waals surface area contributed by atoms with Gasteiger partial charge in [-0.2, -0.15) is 13.2 Å². The van der Waals surface area contributed by atoms with Crippen LogP contribution in [0, 0.1) is 0 Å². The van der Waals surface area contributed by atoms with Gasteiger partial charge in [-0.05, 0) is 34.6 Å². The maximum atomic E-state index is 12.3. The van der Waals surface area contributed by atoms with Crippen molar-refractivity contribution in [1.82, 2.24) is 10.3 Å². The van der Waals surface area contributed by atoms with Crippen LogP contribution in [0.2, 0.25) is 0 Å². The van der Waals surface area contributed by atoms with E-state index in [2.05, 4.69) is 20.3 Å². The lowest BCUT2D eigenvalue weighted by atomic mass is 10.1. The lowest BCUT2D eigenvalue weighted by Gasteiger charge is -2.07. The molecule has 1 aromatic carbocycles. The van der Waals surface area contributed by atoms with Crippen LogP contribution in [-0.4, -0.2) is 16.2 Å². The third-order valence-corrected chi connectivity index (χ3v) is 2.22. The number of hydrogen-bond donors (Lipinski definition) is 2. The number of aromatic nitrogens is 2. The van der Waals surface area contributed by atoms with Gasteiger partial charge in [0.2, 0.25) is 11.6 Å². The van der Waals surface area contributed by atoms with Crippen molar-refractivity contribution in [2.24, 2.45) is 0 Å². The number of halogens is 3. The zero-order chi connectivity index (χ0) is 14.0. The van der Waals surface area contributed by atoms with Gasteiger partial charge in [0.15, 0.2) is 0 Å². The molecule has 0 radical (unpaired) electrons. The fourth-order valence-electron chi connectivity index (χ4n) is 1.27. The molecule has 0 atom stereocenters. The second-order valence-corrected chi connectivity index (χ2v) is 3.53. The third kappa shape index (κ3) is 2.81. The molecule has 3 N–H and O–H groups in total. The van der Waals surface area contributed by atoms with E-state index in [9.17, 15) is 18.0 Å². The van der Waals surface area contributed by atoms with E-state index in [4.69, 9.17) is 5.73 Å². The molecule has 19 heavy (non-hydrogen) atoms. The van der Waals surface area contributed by atoms with E-state index in [1.807, 2.05) is 0 Å². The molecule has 0 saturated carbocycles. The number of carbonyl (C=O) groups is 1. The van der Waals surface area contributed by atoms with Crippen molar-refractivity contribution >= 4 is 17.5 Å². The maximum Gasteiger partial charge on any atom is 0.416 e. The minimum absolute atomic E-state index is 0.0235. The minimum atomic E-state index is -4.45. The number of nitrogens with zero attached hydrogens (tertiary/aromatic N) is 2. The van der Waals surface area contributed by atoms with Crippen LogP contribution in [0.3, 0.4) is 0 Å². The molecule has 0 saturated heterocycles. The second kappa shape index (κ2) is 4.59. The highest BCUT2D eigenvalue weighted by molar-refractivity contribution is 6.04. The largest absolute Gasteiger partial charge is 0.416 e. The summed E-state index contributed by atoms with van der Waals surface area (Å²) in [5.74, 6) is -0.888. The Morgan fingerprint density at radius 2 is 1.84 bits per heavy atom. The first-order valence-electron chi connectivity index (χ1n) is 4.94. The van der Waals surface area contributed by atoms with Gasteiger partial charge in [0, 0.05) is 5.56 Å². The fraction of sp³-hybridized carbons (Fsp3) is 0.100. The molecule has 0 spiro atoms. The Balaban J connectivity index is 2.14. The summed E-state index contributed by atoms with van der Waals surface area (Å²) in [6, 6.07) is 3.70. The van der Waals surface area contributed by atoms with Gasteiger partial charge in [0.1, 0.15) is 0 Å². The van der Waals surface area contributed by atoms with Crippen molar-refractivity contribution < 1.29 is 22.6 Å². The zero-order valence-electron chi connectivity index (χ0n) is 9.23. The van der Waals surface area contributed by atoms with Gasteiger partial charge in [0.05, 0.1) is 5.56 Å². The Morgan fingerprint density at radius 1 is 1.21 bits per heavy atom. The van der Waals surface area contributed by atoms with Gasteiger partial charge in [-0.15, -0.1) is 0 Å². The monoisotopic (exact) mass is 272 g/mol. The molecule has 1 amide bonds. The van der Waals surface area contributed by atoms with E-state index in [1.54, 1.807) is 0 Å². The van der Waals surface area contributed by atoms with E-state index >= 15 is 0 Å². The molecule has 0 unspecified atom stereocenters. The number of nitrogen functional groups attached to an aromatic ring is 1. The highest BCUT2D eigenvalue weighted by Crippen LogP contribution is 2.29. The van der Waals surface area contributed by atoms with Gasteiger partial charge >= 0.3 is 6.18 Å². The molecule has 0 fully saturated rings. The van der Waals surface area contributed by atoms with Crippen LogP contribution in [0.1, 0.15) is 15.9 Å². The molecule has 2 rings (SSSR count). The molecule has 0 aliphatic heterocycles. The van der Waals surface area contributed by atoms with Crippen molar-refractivity contribution in [2.45, 2.75) is 6.18 Å². The summed E-state index contributed by atoms with van der Waals surface area (Å²) in [7, 11) is 0. The molecule has 1 aromatic heterocycles. The maximum absolute atomic E-state index is 12.3. The van der Waals surface area contributed by atoms with Crippen LogP contribution in [0.4, 0.5) is 24.8 Å². The number of alkyl halides is 3. The summed E-state index contributed by atoms with van der Waals surface area (Å²) < 4.78 is 41.3. The van der Waals surface area contributed by atoms with E-state index in [1.165, 1.54) is 0 Å². The molecule has 0 aliphatic carbocycles. The number of anilines is 2. The van der Waals surface area contributed by atoms with E-state index in [0.717, 1.165) is 24.3 Å². The van der Waals surface area contributed by atoms with Crippen LogP contribution in [0.15, 0.2) is 28.9 Å². The Kier molecular flexibility index (Phi) is 3.11. The number of carbonyl (C=O) groups excluding carboxylic acids is 1. The first kappa shape index (κ1) is 12.9. The predicted molar refractivity (Wildman–Crippen MR) is 58.1 cm³/mol. The van der Waals surface area contributed by atoms with Gasteiger partial charge in [0.25, 0.3) is 5.91 Å². The Labute approximate surface area is 104 Å². The second-order valence-electron chi connectivity index (χ2n) is 3.53. The Bertz CT molecular complexity index is 592. The number of amides is 1. The average molecular weight is 272 g/mol. The lowest BCUT2D eigenvalue weighted by Crippen LogP contribution is -2.14. The van der Waals surface area contributed by atoms with Gasteiger partial charge in [-0.1, -0.05) is 0 Å². The Morgan fingerprint density at radius 3 is 2.32 bits per heavy atom.